The van der Waals surface area contributed by atoms with Gasteiger partial charge in [0.25, 0.3) is 0 Å². The first kappa shape index (κ1) is 19.8. The smallest absolute Gasteiger partial charge is 0.341 e. The van der Waals surface area contributed by atoms with E-state index in [4.69, 9.17) is 0 Å². The molecule has 4 rings (SSSR count). The van der Waals surface area contributed by atoms with E-state index < -0.39 is 22.6 Å². The van der Waals surface area contributed by atoms with Gasteiger partial charge in [0.2, 0.25) is 5.43 Å². The van der Waals surface area contributed by atoms with E-state index >= 15 is 4.39 Å². The molecule has 2 aromatic rings. The highest BCUT2D eigenvalue weighted by molar-refractivity contribution is 5.95. The van der Waals surface area contributed by atoms with Crippen molar-refractivity contribution in [2.75, 3.05) is 31.2 Å². The number of aliphatic hydroxyl groups is 2. The van der Waals surface area contributed by atoms with Gasteiger partial charge in [0, 0.05) is 41.7 Å². The van der Waals surface area contributed by atoms with Gasteiger partial charge >= 0.3 is 5.97 Å². The van der Waals surface area contributed by atoms with Crippen LogP contribution in [0.15, 0.2) is 17.1 Å². The third kappa shape index (κ3) is 3.20. The van der Waals surface area contributed by atoms with Crippen LogP contribution in [0.5, 0.6) is 0 Å². The Morgan fingerprint density at radius 3 is 2.38 bits per heavy atom. The van der Waals surface area contributed by atoms with Crippen LogP contribution in [0.3, 0.4) is 0 Å². The zero-order valence-corrected chi connectivity index (χ0v) is 16.3. The summed E-state index contributed by atoms with van der Waals surface area (Å²) in [6, 6.07) is 1.56. The molecule has 8 heteroatoms. The first-order valence-electron chi connectivity index (χ1n) is 9.90. The van der Waals surface area contributed by atoms with Crippen molar-refractivity contribution >= 4 is 22.6 Å². The number of carboxylic acids is 1. The molecular weight excluding hydrogens is 379 g/mol. The van der Waals surface area contributed by atoms with E-state index in [-0.39, 0.29) is 35.9 Å². The third-order valence-corrected chi connectivity index (χ3v) is 6.47. The van der Waals surface area contributed by atoms with Crippen LogP contribution in [0.2, 0.25) is 0 Å². The van der Waals surface area contributed by atoms with Crippen LogP contribution in [0, 0.1) is 18.2 Å². The van der Waals surface area contributed by atoms with E-state index in [0.29, 0.717) is 37.0 Å². The molecule has 0 unspecified atom stereocenters. The number of rotatable bonds is 5. The Balaban J connectivity index is 1.85. The number of pyridine rings is 1. The number of aliphatic hydroxyl groups excluding tert-OH is 2. The minimum atomic E-state index is -1.29. The van der Waals surface area contributed by atoms with Crippen molar-refractivity contribution in [3.63, 3.8) is 0 Å². The number of nitrogens with zero attached hydrogens (tertiary/aromatic N) is 2. The lowest BCUT2D eigenvalue weighted by Crippen LogP contribution is -2.44. The topological polar surface area (TPSA) is 103 Å². The highest BCUT2D eigenvalue weighted by Gasteiger charge is 2.35. The maximum Gasteiger partial charge on any atom is 0.341 e. The van der Waals surface area contributed by atoms with Crippen molar-refractivity contribution in [3.05, 3.63) is 39.4 Å². The van der Waals surface area contributed by atoms with E-state index in [0.717, 1.165) is 12.8 Å². The summed E-state index contributed by atoms with van der Waals surface area (Å²) in [5.41, 5.74) is -0.430. The zero-order chi connectivity index (χ0) is 20.9. The van der Waals surface area contributed by atoms with Gasteiger partial charge in [-0.2, -0.15) is 0 Å². The van der Waals surface area contributed by atoms with Crippen LogP contribution in [0.1, 0.15) is 47.6 Å². The first-order chi connectivity index (χ1) is 13.8. The summed E-state index contributed by atoms with van der Waals surface area (Å²) in [6.07, 6.45) is 4.08. The second-order valence-corrected chi connectivity index (χ2v) is 8.35. The molecule has 3 N–H and O–H groups in total. The molecule has 1 saturated heterocycles. The molecule has 0 bridgehead atoms. The Kier molecular flexibility index (Phi) is 4.86. The Labute approximate surface area is 167 Å². The number of anilines is 1. The predicted molar refractivity (Wildman–Crippen MR) is 106 cm³/mol. The van der Waals surface area contributed by atoms with Crippen molar-refractivity contribution in [1.29, 1.82) is 0 Å². The van der Waals surface area contributed by atoms with Crippen LogP contribution in [0.4, 0.5) is 10.1 Å². The molecule has 1 aliphatic carbocycles. The standard InChI is InChI=1S/C21H25FN2O5/c1-12-17(22)16(23-6-4-21(10-25,11-26)5-7-23)8-14-18(12)24(13-2-3-13)9-15(19(14)27)20(28)29/h8-9,13,25-26H,2-7,10-11H2,1H3,(H,28,29). The number of fused-ring (bicyclic) bond motifs is 1. The van der Waals surface area contributed by atoms with E-state index in [9.17, 15) is 24.9 Å². The molecule has 1 aliphatic heterocycles. The number of piperidine rings is 1. The van der Waals surface area contributed by atoms with Crippen molar-refractivity contribution in [3.8, 4) is 0 Å². The SMILES string of the molecule is Cc1c(F)c(N2CCC(CO)(CO)CC2)cc2c(=O)c(C(=O)O)cn(C3CC3)c12. The summed E-state index contributed by atoms with van der Waals surface area (Å²) in [5.74, 6) is -1.71. The molecule has 156 valence electrons. The quantitative estimate of drug-likeness (QED) is 0.705. The molecule has 1 aromatic carbocycles. The summed E-state index contributed by atoms with van der Waals surface area (Å²) >= 11 is 0. The molecule has 1 aromatic heterocycles. The number of benzene rings is 1. The van der Waals surface area contributed by atoms with Gasteiger partial charge in [-0.3, -0.25) is 4.79 Å². The number of carbonyl (C=O) groups is 1. The van der Waals surface area contributed by atoms with Crippen molar-refractivity contribution in [2.45, 2.75) is 38.6 Å². The number of aromatic nitrogens is 1. The van der Waals surface area contributed by atoms with Gasteiger partial charge in [0.05, 0.1) is 24.4 Å². The van der Waals surface area contributed by atoms with E-state index in [1.807, 2.05) is 0 Å². The maximum absolute atomic E-state index is 15.4. The third-order valence-electron chi connectivity index (χ3n) is 6.47. The van der Waals surface area contributed by atoms with Crippen LogP contribution < -0.4 is 10.3 Å². The summed E-state index contributed by atoms with van der Waals surface area (Å²) < 4.78 is 17.1. The second kappa shape index (κ2) is 7.11. The monoisotopic (exact) mass is 404 g/mol. The largest absolute Gasteiger partial charge is 0.477 e. The Hall–Kier alpha value is -2.45. The van der Waals surface area contributed by atoms with Crippen LogP contribution >= 0.6 is 0 Å². The number of halogens is 1. The molecule has 0 radical (unpaired) electrons. The van der Waals surface area contributed by atoms with Crippen LogP contribution in [0.25, 0.3) is 10.9 Å². The fraction of sp³-hybridized carbons (Fsp3) is 0.524. The minimum Gasteiger partial charge on any atom is -0.477 e. The molecule has 0 atom stereocenters. The van der Waals surface area contributed by atoms with Crippen LogP contribution in [-0.2, 0) is 0 Å². The van der Waals surface area contributed by atoms with Gasteiger partial charge in [0.1, 0.15) is 5.56 Å². The molecule has 2 fully saturated rings. The van der Waals surface area contributed by atoms with Crippen molar-refractivity contribution in [1.82, 2.24) is 4.57 Å². The van der Waals surface area contributed by atoms with Crippen molar-refractivity contribution in [2.24, 2.45) is 5.41 Å². The van der Waals surface area contributed by atoms with Gasteiger partial charge in [-0.25, -0.2) is 9.18 Å². The van der Waals surface area contributed by atoms with Gasteiger partial charge in [-0.05, 0) is 38.7 Å². The summed E-state index contributed by atoms with van der Waals surface area (Å²) in [4.78, 5) is 26.3. The Bertz CT molecular complexity index is 1030. The molecule has 2 heterocycles. The first-order valence-corrected chi connectivity index (χ1v) is 9.90. The Morgan fingerprint density at radius 2 is 1.86 bits per heavy atom. The molecule has 0 amide bonds. The number of aromatic carboxylic acids is 1. The fourth-order valence-corrected chi connectivity index (χ4v) is 4.29. The molecule has 29 heavy (non-hydrogen) atoms. The summed E-state index contributed by atoms with van der Waals surface area (Å²) in [6.45, 7) is 2.21. The normalized spacial score (nSPS) is 19.0. The number of aryl methyl sites for hydroxylation is 1. The molecule has 2 aliphatic rings. The van der Waals surface area contributed by atoms with Gasteiger partial charge in [-0.1, -0.05) is 0 Å². The number of hydrogen-bond acceptors (Lipinski definition) is 5. The lowest BCUT2D eigenvalue weighted by atomic mass is 9.80. The highest BCUT2D eigenvalue weighted by Crippen LogP contribution is 2.40. The van der Waals surface area contributed by atoms with Crippen LogP contribution in [-0.4, -0.2) is 52.2 Å². The summed E-state index contributed by atoms with van der Waals surface area (Å²) in [7, 11) is 0. The maximum atomic E-state index is 15.4. The Morgan fingerprint density at radius 1 is 1.24 bits per heavy atom. The molecular formula is C21H25FN2O5. The fourth-order valence-electron chi connectivity index (χ4n) is 4.29. The lowest BCUT2D eigenvalue weighted by Gasteiger charge is -2.40. The average Bonchev–Trinajstić information content (AvgIpc) is 3.56. The zero-order valence-electron chi connectivity index (χ0n) is 16.3. The van der Waals surface area contributed by atoms with Crippen molar-refractivity contribution < 1.29 is 24.5 Å². The molecule has 0 spiro atoms. The van der Waals surface area contributed by atoms with E-state index in [2.05, 4.69) is 0 Å². The van der Waals surface area contributed by atoms with E-state index in [1.54, 1.807) is 16.4 Å². The average molecular weight is 404 g/mol. The number of carboxylic acid groups (broad SMARTS) is 1. The van der Waals surface area contributed by atoms with Gasteiger partial charge in [-0.15, -0.1) is 0 Å². The highest BCUT2D eigenvalue weighted by atomic mass is 19.1. The van der Waals surface area contributed by atoms with E-state index in [1.165, 1.54) is 12.3 Å². The lowest BCUT2D eigenvalue weighted by molar-refractivity contribution is 0.0340. The van der Waals surface area contributed by atoms with Gasteiger partial charge < -0.3 is 24.8 Å². The minimum absolute atomic E-state index is 0.0878. The number of hydrogen-bond donors (Lipinski definition) is 3. The molecule has 7 nitrogen and oxygen atoms in total. The summed E-state index contributed by atoms with van der Waals surface area (Å²) in [5, 5.41) is 28.9. The predicted octanol–water partition coefficient (Wildman–Crippen LogP) is 2.05. The second-order valence-electron chi connectivity index (χ2n) is 8.35. The van der Waals surface area contributed by atoms with Gasteiger partial charge in [0.15, 0.2) is 5.82 Å². The molecule has 1 saturated carbocycles.